The highest BCUT2D eigenvalue weighted by atomic mass is 32.2. The maximum Gasteiger partial charge on any atom is 0.290 e. The van der Waals surface area contributed by atoms with E-state index in [4.69, 9.17) is 4.74 Å². The molecule has 2 fully saturated rings. The largest absolute Gasteiger partial charge is 0.710 e. The molecule has 31 heavy (non-hydrogen) atoms. The molecule has 0 saturated heterocycles. The lowest BCUT2D eigenvalue weighted by Gasteiger charge is -2.27. The molecule has 2 aromatic heterocycles. The van der Waals surface area contributed by atoms with Gasteiger partial charge < -0.3 is 15.1 Å². The first-order valence-electron chi connectivity index (χ1n) is 10.8. The van der Waals surface area contributed by atoms with Crippen molar-refractivity contribution in [1.82, 2.24) is 4.98 Å². The fourth-order valence-electron chi connectivity index (χ4n) is 4.40. The summed E-state index contributed by atoms with van der Waals surface area (Å²) < 4.78 is 33.0. The number of aryl methyl sites for hydroxylation is 1. The van der Waals surface area contributed by atoms with Crippen LogP contribution < -0.4 is 9.47 Å². The van der Waals surface area contributed by atoms with E-state index in [1.807, 2.05) is 6.07 Å². The van der Waals surface area contributed by atoms with Crippen LogP contribution in [-0.2, 0) is 9.84 Å². The number of benzene rings is 1. The van der Waals surface area contributed by atoms with Gasteiger partial charge in [-0.05, 0) is 75.8 Å². The molecule has 2 N–H and O–H groups in total. The Hall–Kier alpha value is -2.58. The minimum atomic E-state index is -3.37. The van der Waals surface area contributed by atoms with E-state index in [9.17, 15) is 18.7 Å². The van der Waals surface area contributed by atoms with E-state index in [-0.39, 0.29) is 22.4 Å². The SMILES string of the molecule is Cc1cc(-c2cc(S(=O)(=O)C3CC3)ccc2O[C@H]2CC[C@H](O)CC2)c2cc[nH]c2[n+]1[O-]. The second-order valence-electron chi connectivity index (χ2n) is 8.68. The summed E-state index contributed by atoms with van der Waals surface area (Å²) >= 11 is 0. The summed E-state index contributed by atoms with van der Waals surface area (Å²) in [6.07, 6.45) is 5.65. The van der Waals surface area contributed by atoms with Gasteiger partial charge in [0.15, 0.2) is 9.84 Å². The number of aliphatic hydroxyl groups excluding tert-OH is 1. The van der Waals surface area contributed by atoms with E-state index >= 15 is 0 Å². The van der Waals surface area contributed by atoms with Gasteiger partial charge in [0.25, 0.3) is 5.65 Å². The van der Waals surface area contributed by atoms with Crippen LogP contribution in [0.4, 0.5) is 0 Å². The summed E-state index contributed by atoms with van der Waals surface area (Å²) in [7, 11) is -3.37. The highest BCUT2D eigenvalue weighted by molar-refractivity contribution is 7.92. The Morgan fingerprint density at radius 2 is 1.81 bits per heavy atom. The summed E-state index contributed by atoms with van der Waals surface area (Å²) in [6.45, 7) is 1.73. The average molecular weight is 443 g/mol. The van der Waals surface area contributed by atoms with Gasteiger partial charge in [-0.1, -0.05) is 0 Å². The Morgan fingerprint density at radius 1 is 1.06 bits per heavy atom. The van der Waals surface area contributed by atoms with Crippen molar-refractivity contribution >= 4 is 20.9 Å². The highest BCUT2D eigenvalue weighted by Crippen LogP contribution is 2.40. The molecule has 7 nitrogen and oxygen atoms in total. The van der Waals surface area contributed by atoms with Gasteiger partial charge in [-0.2, -0.15) is 0 Å². The summed E-state index contributed by atoms with van der Waals surface area (Å²) in [6, 6.07) is 8.66. The monoisotopic (exact) mass is 442 g/mol. The van der Waals surface area contributed by atoms with Crippen LogP contribution in [0.25, 0.3) is 22.2 Å². The molecule has 0 amide bonds. The second kappa shape index (κ2) is 7.53. The quantitative estimate of drug-likeness (QED) is 0.465. The molecule has 2 aliphatic rings. The minimum Gasteiger partial charge on any atom is -0.710 e. The normalized spacial score (nSPS) is 22.0. The third-order valence-corrected chi connectivity index (χ3v) is 8.62. The molecule has 1 aromatic carbocycles. The van der Waals surface area contributed by atoms with E-state index in [0.717, 1.165) is 23.1 Å². The van der Waals surface area contributed by atoms with Gasteiger partial charge in [0.2, 0.25) is 0 Å². The molecule has 164 valence electrons. The van der Waals surface area contributed by atoms with Crippen molar-refractivity contribution in [2.24, 2.45) is 0 Å². The molecular weight excluding hydrogens is 416 g/mol. The van der Waals surface area contributed by atoms with Gasteiger partial charge in [-0.15, -0.1) is 0 Å². The first kappa shape index (κ1) is 20.3. The van der Waals surface area contributed by atoms with Crippen LogP contribution in [0.5, 0.6) is 5.75 Å². The molecule has 3 aromatic rings. The number of pyridine rings is 1. The van der Waals surface area contributed by atoms with Crippen molar-refractivity contribution in [3.8, 4) is 16.9 Å². The predicted molar refractivity (Wildman–Crippen MR) is 117 cm³/mol. The molecule has 0 unspecified atom stereocenters. The summed E-state index contributed by atoms with van der Waals surface area (Å²) in [5.41, 5.74) is 2.37. The Labute approximate surface area is 181 Å². The van der Waals surface area contributed by atoms with E-state index in [0.29, 0.717) is 53.7 Å². The average Bonchev–Trinajstić information content (AvgIpc) is 3.51. The Morgan fingerprint density at radius 3 is 2.52 bits per heavy atom. The lowest BCUT2D eigenvalue weighted by molar-refractivity contribution is -0.586. The van der Waals surface area contributed by atoms with Crippen LogP contribution in [-0.4, -0.2) is 36.0 Å². The van der Waals surface area contributed by atoms with Crippen molar-refractivity contribution in [3.05, 3.63) is 47.4 Å². The number of H-pyrrole nitrogens is 1. The number of rotatable bonds is 5. The van der Waals surface area contributed by atoms with Gasteiger partial charge >= 0.3 is 0 Å². The Balaban J connectivity index is 1.64. The topological polar surface area (TPSA) is 106 Å². The molecule has 8 heteroatoms. The van der Waals surface area contributed by atoms with E-state index in [1.165, 1.54) is 0 Å². The number of aliphatic hydroxyl groups is 1. The van der Waals surface area contributed by atoms with E-state index in [1.54, 1.807) is 37.4 Å². The predicted octanol–water partition coefficient (Wildman–Crippen LogP) is 3.40. The summed E-state index contributed by atoms with van der Waals surface area (Å²) in [5.74, 6) is 0.599. The minimum absolute atomic E-state index is 0.0380. The lowest BCUT2D eigenvalue weighted by atomic mass is 9.95. The molecule has 0 aliphatic heterocycles. The number of hydrogen-bond acceptors (Lipinski definition) is 5. The van der Waals surface area contributed by atoms with Crippen molar-refractivity contribution in [2.75, 3.05) is 0 Å². The first-order valence-corrected chi connectivity index (χ1v) is 12.3. The van der Waals surface area contributed by atoms with Gasteiger partial charge in [0.05, 0.1) is 33.9 Å². The van der Waals surface area contributed by atoms with Crippen LogP contribution in [0.2, 0.25) is 0 Å². The van der Waals surface area contributed by atoms with Gasteiger partial charge in [0.1, 0.15) is 11.4 Å². The molecule has 0 atom stereocenters. The molecule has 0 radical (unpaired) electrons. The van der Waals surface area contributed by atoms with E-state index in [2.05, 4.69) is 4.98 Å². The summed E-state index contributed by atoms with van der Waals surface area (Å²) in [5, 5.41) is 22.7. The zero-order chi connectivity index (χ0) is 21.8. The Kier molecular flexibility index (Phi) is 4.94. The number of hydrogen-bond donors (Lipinski definition) is 2. The molecule has 2 aliphatic carbocycles. The fraction of sp³-hybridized carbons (Fsp3) is 0.435. The Bertz CT molecular complexity index is 1240. The smallest absolute Gasteiger partial charge is 0.290 e. The van der Waals surface area contributed by atoms with Crippen LogP contribution in [0.15, 0.2) is 41.4 Å². The molecule has 0 spiro atoms. The second-order valence-corrected chi connectivity index (χ2v) is 10.9. The molecule has 0 bridgehead atoms. The van der Waals surface area contributed by atoms with E-state index < -0.39 is 9.84 Å². The van der Waals surface area contributed by atoms with Gasteiger partial charge in [0, 0.05) is 11.1 Å². The summed E-state index contributed by atoms with van der Waals surface area (Å²) in [4.78, 5) is 3.27. The maximum absolute atomic E-state index is 12.9. The number of ether oxygens (including phenoxy) is 1. The number of aromatic amines is 1. The van der Waals surface area contributed by atoms with Crippen molar-refractivity contribution < 1.29 is 23.0 Å². The number of nitrogens with zero attached hydrogens (tertiary/aromatic N) is 1. The van der Waals surface area contributed by atoms with Crippen LogP contribution >= 0.6 is 0 Å². The molecule has 2 heterocycles. The fourth-order valence-corrected chi connectivity index (χ4v) is 6.08. The maximum atomic E-state index is 12.9. The third-order valence-electron chi connectivity index (χ3n) is 6.36. The number of nitrogens with one attached hydrogen (secondary N) is 1. The van der Waals surface area contributed by atoms with Crippen molar-refractivity contribution in [1.29, 1.82) is 0 Å². The van der Waals surface area contributed by atoms with Crippen molar-refractivity contribution in [2.45, 2.75) is 67.8 Å². The third kappa shape index (κ3) is 3.68. The van der Waals surface area contributed by atoms with Crippen molar-refractivity contribution in [3.63, 3.8) is 0 Å². The number of fused-ring (bicyclic) bond motifs is 1. The molecular formula is C23H26N2O5S. The van der Waals surface area contributed by atoms with Crippen LogP contribution in [0, 0.1) is 12.1 Å². The molecule has 5 rings (SSSR count). The standard InChI is InChI=1S/C23H26N2O5S/c1-14-12-20(19-10-11-24-23(19)25(14)27)21-13-18(31(28,29)17-6-7-17)8-9-22(21)30-16-4-2-15(26)3-5-16/h8-13,15-17,24,26H,2-7H2,1H3/t15-,16-. The zero-order valence-electron chi connectivity index (χ0n) is 17.4. The van der Waals surface area contributed by atoms with Crippen LogP contribution in [0.1, 0.15) is 44.2 Å². The first-order chi connectivity index (χ1) is 14.8. The van der Waals surface area contributed by atoms with Crippen LogP contribution in [0.3, 0.4) is 0 Å². The highest BCUT2D eigenvalue weighted by Gasteiger charge is 2.37. The zero-order valence-corrected chi connectivity index (χ0v) is 18.2. The van der Waals surface area contributed by atoms with Gasteiger partial charge in [-0.3, -0.25) is 0 Å². The number of sulfone groups is 1. The molecule has 2 saturated carbocycles. The van der Waals surface area contributed by atoms with Gasteiger partial charge in [-0.25, -0.2) is 18.1 Å². The lowest BCUT2D eigenvalue weighted by Crippen LogP contribution is -2.31. The number of aromatic nitrogens is 2.